The molecule has 0 N–H and O–H groups in total. The molecule has 0 amide bonds. The van der Waals surface area contributed by atoms with Crippen LogP contribution in [0.5, 0.6) is 0 Å². The monoisotopic (exact) mass is 306 g/mol. The van der Waals surface area contributed by atoms with E-state index in [1.54, 1.807) is 12.1 Å². The first kappa shape index (κ1) is 15.0. The largest absolute Gasteiger partial charge is 0.299 e. The number of likely N-dealkylation sites (tertiary alicyclic amines) is 2. The van der Waals surface area contributed by atoms with E-state index in [-0.39, 0.29) is 11.8 Å². The summed E-state index contributed by atoms with van der Waals surface area (Å²) in [4.78, 5) is 17.5. The number of hydrogen-bond donors (Lipinski definition) is 0. The lowest BCUT2D eigenvalue weighted by Crippen LogP contribution is -2.41. The van der Waals surface area contributed by atoms with Crippen molar-refractivity contribution in [1.82, 2.24) is 9.80 Å². The number of Topliss-reactive ketones (excluding diaryl/α,β-unsaturated/α-hetero) is 1. The molecule has 4 heteroatoms. The van der Waals surface area contributed by atoms with Gasteiger partial charge in [0.15, 0.2) is 5.78 Å². The summed E-state index contributed by atoms with van der Waals surface area (Å²) in [6, 6.07) is 7.84. The molecule has 0 saturated carbocycles. The minimum atomic E-state index is -0.0428. The van der Waals surface area contributed by atoms with E-state index in [1.165, 1.54) is 32.4 Å². The molecule has 0 radical (unpaired) electrons. The number of hydrogen-bond acceptors (Lipinski definition) is 3. The lowest BCUT2D eigenvalue weighted by Gasteiger charge is -2.26. The Morgan fingerprint density at radius 3 is 2.52 bits per heavy atom. The number of ketones is 1. The van der Waals surface area contributed by atoms with Crippen LogP contribution in [0.15, 0.2) is 24.3 Å². The zero-order valence-corrected chi connectivity index (χ0v) is 13.4. The van der Waals surface area contributed by atoms with Gasteiger partial charge in [-0.2, -0.15) is 0 Å². The topological polar surface area (TPSA) is 23.6 Å². The van der Waals surface area contributed by atoms with Crippen LogP contribution in [-0.4, -0.2) is 53.8 Å². The van der Waals surface area contributed by atoms with Crippen molar-refractivity contribution >= 4 is 17.4 Å². The Morgan fingerprint density at radius 1 is 1.19 bits per heavy atom. The summed E-state index contributed by atoms with van der Waals surface area (Å²) in [5, 5.41) is 0.675. The van der Waals surface area contributed by atoms with Crippen LogP contribution in [0.25, 0.3) is 0 Å². The highest BCUT2D eigenvalue weighted by atomic mass is 35.5. The maximum Gasteiger partial charge on any atom is 0.179 e. The molecule has 2 saturated heterocycles. The average molecular weight is 307 g/mol. The average Bonchev–Trinajstić information content (AvgIpc) is 3.17. The van der Waals surface area contributed by atoms with E-state index in [0.717, 1.165) is 18.7 Å². The SMILES string of the molecule is CC(C(=O)c1ccc(Cl)cc1)N1CCC(N2CCCC2)C1. The third-order valence-electron chi connectivity index (χ3n) is 4.91. The van der Waals surface area contributed by atoms with Crippen LogP contribution in [0.2, 0.25) is 5.02 Å². The van der Waals surface area contributed by atoms with Crippen LogP contribution in [0, 0.1) is 0 Å². The number of carbonyl (C=O) groups excluding carboxylic acids is 1. The van der Waals surface area contributed by atoms with Crippen molar-refractivity contribution < 1.29 is 4.79 Å². The fraction of sp³-hybridized carbons (Fsp3) is 0.588. The van der Waals surface area contributed by atoms with E-state index in [9.17, 15) is 4.79 Å². The van der Waals surface area contributed by atoms with E-state index >= 15 is 0 Å². The summed E-state index contributed by atoms with van der Waals surface area (Å²) in [6.45, 7) is 6.56. The van der Waals surface area contributed by atoms with Gasteiger partial charge in [-0.15, -0.1) is 0 Å². The first-order valence-corrected chi connectivity index (χ1v) is 8.31. The minimum absolute atomic E-state index is 0.0428. The van der Waals surface area contributed by atoms with Gasteiger partial charge in [-0.05, 0) is 63.5 Å². The van der Waals surface area contributed by atoms with Crippen molar-refractivity contribution in [3.63, 3.8) is 0 Å². The second-order valence-electron chi connectivity index (χ2n) is 6.23. The van der Waals surface area contributed by atoms with Crippen molar-refractivity contribution in [2.75, 3.05) is 26.2 Å². The predicted octanol–water partition coefficient (Wildman–Crippen LogP) is 3.08. The summed E-state index contributed by atoms with van der Waals surface area (Å²) >= 11 is 5.89. The molecule has 2 unspecified atom stereocenters. The highest BCUT2D eigenvalue weighted by Crippen LogP contribution is 2.23. The van der Waals surface area contributed by atoms with Crippen LogP contribution in [0.1, 0.15) is 36.5 Å². The van der Waals surface area contributed by atoms with E-state index in [2.05, 4.69) is 9.80 Å². The molecule has 2 aliphatic rings. The smallest absolute Gasteiger partial charge is 0.179 e. The second kappa shape index (κ2) is 6.47. The van der Waals surface area contributed by atoms with Gasteiger partial charge in [-0.1, -0.05) is 11.6 Å². The highest BCUT2D eigenvalue weighted by Gasteiger charge is 2.33. The molecule has 0 aromatic heterocycles. The molecule has 1 aromatic carbocycles. The summed E-state index contributed by atoms with van der Waals surface area (Å²) in [5.41, 5.74) is 0.761. The van der Waals surface area contributed by atoms with E-state index in [0.29, 0.717) is 11.1 Å². The minimum Gasteiger partial charge on any atom is -0.299 e. The Morgan fingerprint density at radius 2 is 1.86 bits per heavy atom. The number of halogens is 1. The van der Waals surface area contributed by atoms with Gasteiger partial charge in [0.25, 0.3) is 0 Å². The van der Waals surface area contributed by atoms with Gasteiger partial charge in [0, 0.05) is 29.7 Å². The van der Waals surface area contributed by atoms with Crippen molar-refractivity contribution in [2.24, 2.45) is 0 Å². The fourth-order valence-corrected chi connectivity index (χ4v) is 3.67. The molecule has 114 valence electrons. The molecule has 0 aliphatic carbocycles. The summed E-state index contributed by atoms with van der Waals surface area (Å²) in [5.74, 6) is 0.203. The molecule has 1 aromatic rings. The number of benzene rings is 1. The standard InChI is InChI=1S/C17H23ClN2O/c1-13(17(21)14-4-6-15(18)7-5-14)20-11-8-16(12-20)19-9-2-3-10-19/h4-7,13,16H,2-3,8-12H2,1H3. The van der Waals surface area contributed by atoms with E-state index < -0.39 is 0 Å². The van der Waals surface area contributed by atoms with Crippen LogP contribution < -0.4 is 0 Å². The first-order valence-electron chi connectivity index (χ1n) is 7.93. The molecule has 21 heavy (non-hydrogen) atoms. The molecule has 2 atom stereocenters. The first-order chi connectivity index (χ1) is 10.1. The number of nitrogens with zero attached hydrogens (tertiary/aromatic N) is 2. The van der Waals surface area contributed by atoms with Crippen molar-refractivity contribution in [1.29, 1.82) is 0 Å². The molecular weight excluding hydrogens is 284 g/mol. The normalized spacial score (nSPS) is 25.3. The molecule has 3 nitrogen and oxygen atoms in total. The van der Waals surface area contributed by atoms with Gasteiger partial charge in [-0.25, -0.2) is 0 Å². The van der Waals surface area contributed by atoms with Gasteiger partial charge >= 0.3 is 0 Å². The van der Waals surface area contributed by atoms with Crippen LogP contribution >= 0.6 is 11.6 Å². The lowest BCUT2D eigenvalue weighted by molar-refractivity contribution is 0.0857. The maximum absolute atomic E-state index is 12.6. The summed E-state index contributed by atoms with van der Waals surface area (Å²) in [6.07, 6.45) is 3.85. The molecule has 0 bridgehead atoms. The Balaban J connectivity index is 1.61. The van der Waals surface area contributed by atoms with Gasteiger partial charge in [0.05, 0.1) is 6.04 Å². The molecule has 2 heterocycles. The molecular formula is C17H23ClN2O. The number of carbonyl (C=O) groups is 1. The van der Waals surface area contributed by atoms with Gasteiger partial charge < -0.3 is 0 Å². The van der Waals surface area contributed by atoms with Crippen molar-refractivity contribution in [3.8, 4) is 0 Å². The zero-order chi connectivity index (χ0) is 14.8. The maximum atomic E-state index is 12.6. The van der Waals surface area contributed by atoms with Crippen molar-refractivity contribution in [3.05, 3.63) is 34.9 Å². The Hall–Kier alpha value is -0.900. The summed E-state index contributed by atoms with van der Waals surface area (Å²) in [7, 11) is 0. The van der Waals surface area contributed by atoms with Gasteiger partial charge in [0.1, 0.15) is 0 Å². The Bertz CT molecular complexity index is 496. The van der Waals surface area contributed by atoms with Crippen LogP contribution in [-0.2, 0) is 0 Å². The molecule has 3 rings (SSSR count). The van der Waals surface area contributed by atoms with Crippen LogP contribution in [0.4, 0.5) is 0 Å². The van der Waals surface area contributed by atoms with Gasteiger partial charge in [0.2, 0.25) is 0 Å². The lowest BCUT2D eigenvalue weighted by atomic mass is 10.0. The molecule has 0 spiro atoms. The predicted molar refractivity (Wildman–Crippen MR) is 86.0 cm³/mol. The molecule has 2 aliphatic heterocycles. The van der Waals surface area contributed by atoms with Crippen LogP contribution in [0.3, 0.4) is 0 Å². The second-order valence-corrected chi connectivity index (χ2v) is 6.66. The van der Waals surface area contributed by atoms with E-state index in [1.807, 2.05) is 19.1 Å². The number of rotatable bonds is 4. The highest BCUT2D eigenvalue weighted by molar-refractivity contribution is 6.30. The third kappa shape index (κ3) is 3.31. The van der Waals surface area contributed by atoms with Crippen molar-refractivity contribution in [2.45, 2.75) is 38.3 Å². The van der Waals surface area contributed by atoms with Gasteiger partial charge in [-0.3, -0.25) is 14.6 Å². The fourth-order valence-electron chi connectivity index (χ4n) is 3.55. The van der Waals surface area contributed by atoms with E-state index in [4.69, 9.17) is 11.6 Å². The Kier molecular flexibility index (Phi) is 4.63. The Labute approximate surface area is 131 Å². The third-order valence-corrected chi connectivity index (χ3v) is 5.16. The quantitative estimate of drug-likeness (QED) is 0.799. The molecule has 2 fully saturated rings. The zero-order valence-electron chi connectivity index (χ0n) is 12.6. The summed E-state index contributed by atoms with van der Waals surface area (Å²) < 4.78 is 0.